The van der Waals surface area contributed by atoms with E-state index < -0.39 is 42.6 Å². The molecule has 0 aliphatic heterocycles. The molecule has 0 radical (unpaired) electrons. The molecule has 0 saturated heterocycles. The molecule has 9 heteroatoms. The molecule has 1 aliphatic rings. The SMILES string of the molecule is CCCCCCCCCCCCCCCCCCCCCCCCNC(=O)NC(CNC1C=CCC(O)C(O)C1O)C(O)CC(O)CC. The molecular weight excluding hydrogens is 606 g/mol. The zero-order valence-corrected chi connectivity index (χ0v) is 30.9. The van der Waals surface area contributed by atoms with Crippen LogP contribution in [0.15, 0.2) is 12.2 Å². The van der Waals surface area contributed by atoms with Crippen LogP contribution in [0.5, 0.6) is 0 Å². The number of unbranched alkanes of at least 4 members (excludes halogenated alkanes) is 21. The van der Waals surface area contributed by atoms with E-state index in [0.717, 1.165) is 12.8 Å². The molecule has 1 rings (SSSR count). The summed E-state index contributed by atoms with van der Waals surface area (Å²) in [5.74, 6) is 0. The van der Waals surface area contributed by atoms with Gasteiger partial charge in [-0.3, -0.25) is 0 Å². The van der Waals surface area contributed by atoms with Gasteiger partial charge in [0.25, 0.3) is 0 Å². The number of aliphatic hydroxyl groups excluding tert-OH is 5. The molecule has 0 aromatic rings. The Labute approximate surface area is 294 Å². The van der Waals surface area contributed by atoms with Gasteiger partial charge in [-0.05, 0) is 19.3 Å². The average Bonchev–Trinajstić information content (AvgIpc) is 3.19. The van der Waals surface area contributed by atoms with Crippen LogP contribution in [-0.2, 0) is 0 Å². The van der Waals surface area contributed by atoms with E-state index in [2.05, 4.69) is 22.9 Å². The first kappa shape index (κ1) is 44.8. The Balaban J connectivity index is 2.06. The second-order valence-corrected chi connectivity index (χ2v) is 14.4. The van der Waals surface area contributed by atoms with E-state index in [4.69, 9.17) is 0 Å². The quantitative estimate of drug-likeness (QED) is 0.0296. The minimum Gasteiger partial charge on any atom is -0.393 e. The van der Waals surface area contributed by atoms with Gasteiger partial charge in [-0.25, -0.2) is 4.79 Å². The summed E-state index contributed by atoms with van der Waals surface area (Å²) in [7, 11) is 0. The smallest absolute Gasteiger partial charge is 0.315 e. The summed E-state index contributed by atoms with van der Waals surface area (Å²) in [6.07, 6.45) is 28.3. The number of nitrogens with one attached hydrogen (secondary N) is 3. The molecule has 1 aliphatic carbocycles. The number of rotatable bonds is 31. The second kappa shape index (κ2) is 30.6. The van der Waals surface area contributed by atoms with Crippen LogP contribution >= 0.6 is 0 Å². The van der Waals surface area contributed by atoms with Crippen LogP contribution in [0.3, 0.4) is 0 Å². The van der Waals surface area contributed by atoms with Gasteiger partial charge in [0.2, 0.25) is 0 Å². The van der Waals surface area contributed by atoms with E-state index in [-0.39, 0.29) is 25.4 Å². The Morgan fingerprint density at radius 1 is 0.688 bits per heavy atom. The van der Waals surface area contributed by atoms with Gasteiger partial charge in [-0.15, -0.1) is 0 Å². The molecule has 8 N–H and O–H groups in total. The molecule has 9 nitrogen and oxygen atoms in total. The van der Waals surface area contributed by atoms with Crippen LogP contribution in [0.4, 0.5) is 4.79 Å². The number of amides is 2. The zero-order chi connectivity index (χ0) is 35.2. The van der Waals surface area contributed by atoms with Crippen molar-refractivity contribution in [2.24, 2.45) is 0 Å². The summed E-state index contributed by atoms with van der Waals surface area (Å²) in [5, 5.41) is 60.0. The first-order chi connectivity index (χ1) is 23.3. The highest BCUT2D eigenvalue weighted by atomic mass is 16.4. The third-order valence-electron chi connectivity index (χ3n) is 9.99. The van der Waals surface area contributed by atoms with E-state index in [1.807, 2.05) is 6.92 Å². The molecule has 0 aromatic carbocycles. The minimum atomic E-state index is -1.31. The van der Waals surface area contributed by atoms with Crippen LogP contribution in [0.2, 0.25) is 0 Å². The summed E-state index contributed by atoms with van der Waals surface area (Å²) in [5.41, 5.74) is 0. The van der Waals surface area contributed by atoms with E-state index >= 15 is 0 Å². The molecular formula is C39H77N3O6. The fraction of sp³-hybridized carbons (Fsp3) is 0.923. The van der Waals surface area contributed by atoms with Gasteiger partial charge in [0.1, 0.15) is 12.2 Å². The molecule has 0 bridgehead atoms. The first-order valence-corrected chi connectivity index (χ1v) is 20.1. The standard InChI is InChI=1S/C39H77N3O6/c1-3-5-6-7-8-9-10-11-12-13-14-15-16-17-18-19-20-21-22-23-24-25-29-40-39(48)42-34(36(45)30-32(43)4-2)31-41-33-27-26-28-35(44)38(47)37(33)46/h26-27,32-38,41,43-47H,3-25,28-31H2,1-2H3,(H2,40,42,48). The monoisotopic (exact) mass is 684 g/mol. The fourth-order valence-electron chi connectivity index (χ4n) is 6.56. The molecule has 0 spiro atoms. The molecule has 0 aromatic heterocycles. The first-order valence-electron chi connectivity index (χ1n) is 20.1. The average molecular weight is 684 g/mol. The van der Waals surface area contributed by atoms with Gasteiger partial charge in [0.15, 0.2) is 0 Å². The lowest BCUT2D eigenvalue weighted by atomic mass is 10.0. The van der Waals surface area contributed by atoms with Gasteiger partial charge in [0.05, 0.1) is 30.4 Å². The Hall–Kier alpha value is -1.23. The molecule has 0 heterocycles. The van der Waals surface area contributed by atoms with Crippen molar-refractivity contribution in [3.05, 3.63) is 12.2 Å². The number of carbonyl (C=O) groups is 1. The Morgan fingerprint density at radius 2 is 1.15 bits per heavy atom. The number of aliphatic hydroxyl groups is 5. The summed E-state index contributed by atoms with van der Waals surface area (Å²) in [6.45, 7) is 4.77. The van der Waals surface area contributed by atoms with Crippen molar-refractivity contribution in [1.29, 1.82) is 0 Å². The molecule has 284 valence electrons. The third kappa shape index (κ3) is 23.2. The summed E-state index contributed by atoms with van der Waals surface area (Å²) < 4.78 is 0. The molecule has 0 saturated carbocycles. The third-order valence-corrected chi connectivity index (χ3v) is 9.99. The van der Waals surface area contributed by atoms with Crippen LogP contribution in [0.1, 0.15) is 174 Å². The van der Waals surface area contributed by atoms with Gasteiger partial charge in [0, 0.05) is 19.5 Å². The predicted octanol–water partition coefficient (Wildman–Crippen LogP) is 6.78. The largest absolute Gasteiger partial charge is 0.393 e. The maximum atomic E-state index is 12.6. The van der Waals surface area contributed by atoms with Crippen molar-refractivity contribution < 1.29 is 30.3 Å². The van der Waals surface area contributed by atoms with Gasteiger partial charge in [-0.1, -0.05) is 161 Å². The minimum absolute atomic E-state index is 0.104. The lowest BCUT2D eigenvalue weighted by Gasteiger charge is -2.30. The summed E-state index contributed by atoms with van der Waals surface area (Å²) >= 11 is 0. The molecule has 48 heavy (non-hydrogen) atoms. The Morgan fingerprint density at radius 3 is 1.60 bits per heavy atom. The summed E-state index contributed by atoms with van der Waals surface area (Å²) in [6, 6.07) is -1.76. The number of hydrogen-bond donors (Lipinski definition) is 8. The second-order valence-electron chi connectivity index (χ2n) is 14.4. The van der Waals surface area contributed by atoms with E-state index in [1.54, 1.807) is 12.2 Å². The van der Waals surface area contributed by atoms with Crippen molar-refractivity contribution in [2.45, 2.75) is 217 Å². The van der Waals surface area contributed by atoms with Crippen molar-refractivity contribution in [3.63, 3.8) is 0 Å². The molecule has 7 atom stereocenters. The van der Waals surface area contributed by atoms with Crippen molar-refractivity contribution in [1.82, 2.24) is 16.0 Å². The van der Waals surface area contributed by atoms with E-state index in [9.17, 15) is 30.3 Å². The fourth-order valence-corrected chi connectivity index (χ4v) is 6.56. The van der Waals surface area contributed by atoms with Crippen LogP contribution in [0, 0.1) is 0 Å². The number of hydrogen-bond acceptors (Lipinski definition) is 7. The van der Waals surface area contributed by atoms with Crippen molar-refractivity contribution in [2.75, 3.05) is 13.1 Å². The highest BCUT2D eigenvalue weighted by Crippen LogP contribution is 2.17. The highest BCUT2D eigenvalue weighted by molar-refractivity contribution is 5.74. The van der Waals surface area contributed by atoms with E-state index in [0.29, 0.717) is 13.0 Å². The predicted molar refractivity (Wildman–Crippen MR) is 198 cm³/mol. The topological polar surface area (TPSA) is 154 Å². The lowest BCUT2D eigenvalue weighted by Crippen LogP contribution is -2.56. The Bertz CT molecular complexity index is 772. The lowest BCUT2D eigenvalue weighted by molar-refractivity contribution is -0.0624. The maximum Gasteiger partial charge on any atom is 0.315 e. The highest BCUT2D eigenvalue weighted by Gasteiger charge is 2.33. The van der Waals surface area contributed by atoms with Crippen molar-refractivity contribution in [3.8, 4) is 0 Å². The van der Waals surface area contributed by atoms with Crippen molar-refractivity contribution >= 4 is 6.03 Å². The number of carbonyl (C=O) groups excluding carboxylic acids is 1. The van der Waals surface area contributed by atoms with Crippen LogP contribution in [0.25, 0.3) is 0 Å². The molecule has 0 fully saturated rings. The van der Waals surface area contributed by atoms with Crippen LogP contribution in [-0.4, -0.2) is 87.3 Å². The molecule has 7 unspecified atom stereocenters. The maximum absolute atomic E-state index is 12.6. The Kier molecular flexibility index (Phi) is 28.5. The van der Waals surface area contributed by atoms with Gasteiger partial charge in [-0.2, -0.15) is 0 Å². The van der Waals surface area contributed by atoms with E-state index in [1.165, 1.54) is 128 Å². The van der Waals surface area contributed by atoms with Crippen LogP contribution < -0.4 is 16.0 Å². The zero-order valence-electron chi connectivity index (χ0n) is 30.9. The summed E-state index contributed by atoms with van der Waals surface area (Å²) in [4.78, 5) is 12.6. The van der Waals surface area contributed by atoms with Gasteiger partial charge >= 0.3 is 6.03 Å². The number of urea groups is 1. The normalized spacial score (nSPS) is 21.5. The van der Waals surface area contributed by atoms with Gasteiger partial charge < -0.3 is 41.5 Å². The molecule has 2 amide bonds.